The molecule has 5 heteroatoms. The van der Waals surface area contributed by atoms with Crippen LogP contribution in [0.25, 0.3) is 11.3 Å². The maximum atomic E-state index is 9.60. The van der Waals surface area contributed by atoms with E-state index < -0.39 is 0 Å². The number of hydrogen-bond acceptors (Lipinski definition) is 4. The summed E-state index contributed by atoms with van der Waals surface area (Å²) in [5, 5.41) is 6.77. The zero-order chi connectivity index (χ0) is 15.2. The van der Waals surface area contributed by atoms with Gasteiger partial charge in [0.1, 0.15) is 11.4 Å². The Labute approximate surface area is 119 Å². The second kappa shape index (κ2) is 6.75. The quantitative estimate of drug-likeness (QED) is 0.826. The van der Waals surface area contributed by atoms with Crippen LogP contribution in [0.4, 0.5) is 5.82 Å². The van der Waals surface area contributed by atoms with Crippen LogP contribution >= 0.6 is 0 Å². The van der Waals surface area contributed by atoms with Gasteiger partial charge in [-0.3, -0.25) is 9.89 Å². The Morgan fingerprint density at radius 3 is 2.35 bits per heavy atom. The molecule has 3 N–H and O–H groups in total. The molecule has 0 saturated heterocycles. The molecular weight excluding hydrogens is 254 g/mol. The van der Waals surface area contributed by atoms with Crippen molar-refractivity contribution in [3.05, 3.63) is 35.9 Å². The molecule has 2 rings (SSSR count). The zero-order valence-corrected chi connectivity index (χ0v) is 12.3. The summed E-state index contributed by atoms with van der Waals surface area (Å²) in [5.74, 6) is 0.526. The summed E-state index contributed by atoms with van der Waals surface area (Å²) in [4.78, 5) is 9.60. The van der Waals surface area contributed by atoms with Crippen LogP contribution in [-0.4, -0.2) is 22.3 Å². The van der Waals surface area contributed by atoms with E-state index >= 15 is 0 Å². The molecule has 5 nitrogen and oxygen atoms in total. The molecule has 2 aromatic rings. The number of benzene rings is 1. The number of carbonyl (C=O) groups is 1. The fourth-order valence-corrected chi connectivity index (χ4v) is 1.49. The Morgan fingerprint density at radius 2 is 1.95 bits per heavy atom. The summed E-state index contributed by atoms with van der Waals surface area (Å²) in [7, 11) is 0. The van der Waals surface area contributed by atoms with Crippen LogP contribution in [0.1, 0.15) is 26.3 Å². The van der Waals surface area contributed by atoms with Crippen LogP contribution in [0.5, 0.6) is 0 Å². The molecule has 0 aliphatic carbocycles. The molecule has 0 aliphatic heterocycles. The average Bonchev–Trinajstić information content (AvgIpc) is 2.75. The van der Waals surface area contributed by atoms with E-state index in [0.717, 1.165) is 11.3 Å². The van der Waals surface area contributed by atoms with E-state index in [-0.39, 0.29) is 5.60 Å². The Kier molecular flexibility index (Phi) is 5.32. The Bertz CT molecular complexity index is 556. The van der Waals surface area contributed by atoms with Crippen molar-refractivity contribution in [2.24, 2.45) is 0 Å². The number of nitrogens with one attached hydrogen (secondary N) is 1. The lowest BCUT2D eigenvalue weighted by Crippen LogP contribution is -2.17. The first-order valence-electron chi connectivity index (χ1n) is 6.32. The Balaban J connectivity index is 0.000000246. The van der Waals surface area contributed by atoms with Gasteiger partial charge in [-0.15, -0.1) is 0 Å². The van der Waals surface area contributed by atoms with E-state index in [2.05, 4.69) is 27.9 Å². The second-order valence-electron chi connectivity index (χ2n) is 5.35. The first-order chi connectivity index (χ1) is 9.33. The third-order valence-corrected chi connectivity index (χ3v) is 2.43. The second-order valence-corrected chi connectivity index (χ2v) is 5.35. The minimum absolute atomic E-state index is 0.318. The van der Waals surface area contributed by atoms with Crippen molar-refractivity contribution < 1.29 is 9.53 Å². The number of nitrogen functional groups attached to an aromatic ring is 1. The van der Waals surface area contributed by atoms with Crippen molar-refractivity contribution in [2.75, 3.05) is 5.73 Å². The molecule has 0 bridgehead atoms. The minimum atomic E-state index is -0.318. The number of nitrogens with zero attached hydrogens (tertiary/aromatic N) is 1. The molecule has 0 spiro atoms. The van der Waals surface area contributed by atoms with Gasteiger partial charge in [-0.2, -0.15) is 5.10 Å². The molecule has 1 aromatic heterocycles. The molecule has 0 saturated carbocycles. The lowest BCUT2D eigenvalue weighted by atomic mass is 10.1. The fourth-order valence-electron chi connectivity index (χ4n) is 1.49. The Morgan fingerprint density at radius 1 is 1.30 bits per heavy atom. The maximum absolute atomic E-state index is 9.60. The highest BCUT2D eigenvalue weighted by molar-refractivity contribution is 5.65. The number of rotatable bonds is 2. The van der Waals surface area contributed by atoms with Gasteiger partial charge in [-0.1, -0.05) is 24.3 Å². The van der Waals surface area contributed by atoms with Gasteiger partial charge in [0, 0.05) is 11.6 Å². The number of H-pyrrole nitrogens is 1. The number of ether oxygens (including phenoxy) is 1. The third kappa shape index (κ3) is 5.14. The molecule has 20 heavy (non-hydrogen) atoms. The number of aryl methyl sites for hydroxylation is 1. The van der Waals surface area contributed by atoms with Crippen molar-refractivity contribution in [1.29, 1.82) is 0 Å². The van der Waals surface area contributed by atoms with Gasteiger partial charge in [-0.05, 0) is 33.3 Å². The number of aromatic nitrogens is 2. The van der Waals surface area contributed by atoms with E-state index in [0.29, 0.717) is 12.3 Å². The van der Waals surface area contributed by atoms with E-state index in [4.69, 9.17) is 5.73 Å². The molecule has 1 aromatic carbocycles. The summed E-state index contributed by atoms with van der Waals surface area (Å²) >= 11 is 0. The van der Waals surface area contributed by atoms with Crippen molar-refractivity contribution in [3.63, 3.8) is 0 Å². The fraction of sp³-hybridized carbons (Fsp3) is 0.333. The molecule has 0 fully saturated rings. The van der Waals surface area contributed by atoms with Gasteiger partial charge in [0.15, 0.2) is 0 Å². The molecule has 0 unspecified atom stereocenters. The van der Waals surface area contributed by atoms with Gasteiger partial charge in [0.2, 0.25) is 0 Å². The first kappa shape index (κ1) is 15.8. The molecule has 0 radical (unpaired) electrons. The zero-order valence-electron chi connectivity index (χ0n) is 12.3. The number of hydrogen-bond donors (Lipinski definition) is 2. The van der Waals surface area contributed by atoms with Gasteiger partial charge in [-0.25, -0.2) is 0 Å². The Hall–Kier alpha value is -2.30. The predicted octanol–water partition coefficient (Wildman–Crippen LogP) is 2.93. The van der Waals surface area contributed by atoms with E-state index in [9.17, 15) is 4.79 Å². The highest BCUT2D eigenvalue weighted by Gasteiger charge is 2.07. The summed E-state index contributed by atoms with van der Waals surface area (Å²) in [6, 6.07) is 9.95. The van der Waals surface area contributed by atoms with E-state index in [1.807, 2.05) is 45.0 Å². The number of anilines is 1. The lowest BCUT2D eigenvalue weighted by Gasteiger charge is -2.14. The van der Waals surface area contributed by atoms with E-state index in [1.54, 1.807) is 0 Å². The SMILES string of the molecule is CC(C)(C)OC=O.Cc1ccccc1-c1cc(N)n[nH]1. The average molecular weight is 275 g/mol. The van der Waals surface area contributed by atoms with Gasteiger partial charge in [0.25, 0.3) is 6.47 Å². The smallest absolute Gasteiger partial charge is 0.293 e. The predicted molar refractivity (Wildman–Crippen MR) is 80.1 cm³/mol. The summed E-state index contributed by atoms with van der Waals surface area (Å²) < 4.78 is 4.55. The normalized spacial score (nSPS) is 10.4. The topological polar surface area (TPSA) is 81.0 Å². The molecule has 0 amide bonds. The van der Waals surface area contributed by atoms with Crippen LogP contribution in [0.2, 0.25) is 0 Å². The van der Waals surface area contributed by atoms with Crippen LogP contribution in [0.3, 0.4) is 0 Å². The number of aromatic amines is 1. The minimum Gasteiger partial charge on any atom is -0.462 e. The van der Waals surface area contributed by atoms with Gasteiger partial charge in [0.05, 0.1) is 5.69 Å². The number of carbonyl (C=O) groups excluding carboxylic acids is 1. The molecule has 1 heterocycles. The van der Waals surface area contributed by atoms with Crippen LogP contribution < -0.4 is 5.73 Å². The molecule has 0 aliphatic rings. The summed E-state index contributed by atoms with van der Waals surface area (Å²) in [6.07, 6.45) is 0. The highest BCUT2D eigenvalue weighted by Crippen LogP contribution is 2.21. The molecular formula is C15H21N3O2. The first-order valence-corrected chi connectivity index (χ1v) is 6.32. The maximum Gasteiger partial charge on any atom is 0.293 e. The van der Waals surface area contributed by atoms with Crippen molar-refractivity contribution in [2.45, 2.75) is 33.3 Å². The van der Waals surface area contributed by atoms with Crippen LogP contribution in [-0.2, 0) is 9.53 Å². The van der Waals surface area contributed by atoms with Crippen molar-refractivity contribution >= 4 is 12.3 Å². The van der Waals surface area contributed by atoms with Crippen molar-refractivity contribution in [3.8, 4) is 11.3 Å². The van der Waals surface area contributed by atoms with Gasteiger partial charge >= 0.3 is 0 Å². The lowest BCUT2D eigenvalue weighted by molar-refractivity contribution is -0.138. The monoisotopic (exact) mass is 275 g/mol. The standard InChI is InChI=1S/C10H11N3.C5H10O2/c1-7-4-2-3-5-8(7)9-6-10(11)13-12-9;1-5(2,3)7-4-6/h2-6H,1H3,(H3,11,12,13);4H,1-3H3. The molecule has 0 atom stereocenters. The third-order valence-electron chi connectivity index (χ3n) is 2.43. The summed E-state index contributed by atoms with van der Waals surface area (Å²) in [6.45, 7) is 7.98. The highest BCUT2D eigenvalue weighted by atomic mass is 16.5. The largest absolute Gasteiger partial charge is 0.462 e. The molecule has 108 valence electrons. The number of nitrogens with two attached hydrogens (primary N) is 1. The van der Waals surface area contributed by atoms with Crippen molar-refractivity contribution in [1.82, 2.24) is 10.2 Å². The summed E-state index contributed by atoms with van der Waals surface area (Å²) in [5.41, 5.74) is 8.53. The van der Waals surface area contributed by atoms with E-state index in [1.165, 1.54) is 5.56 Å². The van der Waals surface area contributed by atoms with Crippen LogP contribution in [0.15, 0.2) is 30.3 Å². The van der Waals surface area contributed by atoms with Crippen LogP contribution in [0, 0.1) is 6.92 Å². The van der Waals surface area contributed by atoms with Gasteiger partial charge < -0.3 is 10.5 Å².